The SMILES string of the molecule is NCCNC1O[C@H](CO)[C@@H](O)[C@H](O)[C@H]1O. The van der Waals surface area contributed by atoms with E-state index >= 15 is 0 Å². The van der Waals surface area contributed by atoms with E-state index in [2.05, 4.69) is 5.32 Å². The summed E-state index contributed by atoms with van der Waals surface area (Å²) in [4.78, 5) is 0. The molecular weight excluding hydrogens is 204 g/mol. The van der Waals surface area contributed by atoms with Gasteiger partial charge in [-0.3, -0.25) is 5.32 Å². The molecule has 1 aliphatic rings. The molecule has 1 unspecified atom stereocenters. The van der Waals surface area contributed by atoms with Gasteiger partial charge in [0.15, 0.2) is 0 Å². The second-order valence-electron chi connectivity index (χ2n) is 3.49. The topological polar surface area (TPSA) is 128 Å². The average Bonchev–Trinajstić information content (AvgIpc) is 2.25. The van der Waals surface area contributed by atoms with Crippen LogP contribution in [0.5, 0.6) is 0 Å². The summed E-state index contributed by atoms with van der Waals surface area (Å²) in [6.07, 6.45) is -5.61. The third-order valence-corrected chi connectivity index (χ3v) is 2.38. The highest BCUT2D eigenvalue weighted by Gasteiger charge is 2.42. The van der Waals surface area contributed by atoms with Gasteiger partial charge in [0, 0.05) is 13.1 Å². The standard InChI is InChI=1S/C8H18N2O5/c9-1-2-10-8-7(14)6(13)5(12)4(3-11)15-8/h4-8,10-14H,1-3,9H2/t4-,5-,6+,7-,8?/m1/s1. The van der Waals surface area contributed by atoms with Gasteiger partial charge in [-0.1, -0.05) is 0 Å². The third kappa shape index (κ3) is 2.85. The highest BCUT2D eigenvalue weighted by atomic mass is 16.6. The van der Waals surface area contributed by atoms with Gasteiger partial charge in [-0.05, 0) is 0 Å². The average molecular weight is 222 g/mol. The summed E-state index contributed by atoms with van der Waals surface area (Å²) in [6, 6.07) is 0. The Balaban J connectivity index is 2.57. The van der Waals surface area contributed by atoms with Crippen LogP contribution in [-0.2, 0) is 4.74 Å². The summed E-state index contributed by atoms with van der Waals surface area (Å²) in [6.45, 7) is 0.337. The zero-order valence-corrected chi connectivity index (χ0v) is 8.28. The smallest absolute Gasteiger partial charge is 0.137 e. The Morgan fingerprint density at radius 1 is 1.13 bits per heavy atom. The van der Waals surface area contributed by atoms with Crippen LogP contribution < -0.4 is 11.1 Å². The van der Waals surface area contributed by atoms with Crippen LogP contribution in [0.4, 0.5) is 0 Å². The van der Waals surface area contributed by atoms with Crippen molar-refractivity contribution in [3.63, 3.8) is 0 Å². The van der Waals surface area contributed by atoms with Gasteiger partial charge in [-0.15, -0.1) is 0 Å². The zero-order chi connectivity index (χ0) is 11.4. The molecule has 1 fully saturated rings. The number of hydrogen-bond donors (Lipinski definition) is 6. The van der Waals surface area contributed by atoms with Crippen molar-refractivity contribution in [1.82, 2.24) is 5.32 Å². The molecule has 0 spiro atoms. The van der Waals surface area contributed by atoms with Crippen molar-refractivity contribution in [1.29, 1.82) is 0 Å². The Morgan fingerprint density at radius 2 is 1.80 bits per heavy atom. The maximum atomic E-state index is 9.53. The van der Waals surface area contributed by atoms with Crippen molar-refractivity contribution < 1.29 is 25.2 Å². The first-order chi connectivity index (χ1) is 7.11. The van der Waals surface area contributed by atoms with Crippen molar-refractivity contribution >= 4 is 0 Å². The Labute approximate surface area is 87.5 Å². The van der Waals surface area contributed by atoms with E-state index in [-0.39, 0.29) is 0 Å². The van der Waals surface area contributed by atoms with Gasteiger partial charge < -0.3 is 30.9 Å². The van der Waals surface area contributed by atoms with E-state index in [0.717, 1.165) is 0 Å². The highest BCUT2D eigenvalue weighted by Crippen LogP contribution is 2.19. The maximum absolute atomic E-state index is 9.53. The monoisotopic (exact) mass is 222 g/mol. The van der Waals surface area contributed by atoms with Crippen LogP contribution in [0.3, 0.4) is 0 Å². The molecule has 1 aliphatic heterocycles. The summed E-state index contributed by atoms with van der Waals surface area (Å²) in [7, 11) is 0. The number of aliphatic hydroxyl groups excluding tert-OH is 4. The van der Waals surface area contributed by atoms with E-state index in [0.29, 0.717) is 13.1 Å². The molecule has 0 aromatic carbocycles. The van der Waals surface area contributed by atoms with E-state index in [1.807, 2.05) is 0 Å². The van der Waals surface area contributed by atoms with Crippen LogP contribution in [0.2, 0.25) is 0 Å². The Bertz CT molecular complexity index is 192. The van der Waals surface area contributed by atoms with Crippen molar-refractivity contribution in [2.75, 3.05) is 19.7 Å². The number of hydrogen-bond acceptors (Lipinski definition) is 7. The van der Waals surface area contributed by atoms with Gasteiger partial charge in [-0.2, -0.15) is 0 Å². The molecule has 90 valence electrons. The van der Waals surface area contributed by atoms with Crippen LogP contribution in [0.1, 0.15) is 0 Å². The van der Waals surface area contributed by atoms with E-state index in [1.165, 1.54) is 0 Å². The molecule has 7 heteroatoms. The molecule has 0 aliphatic carbocycles. The molecule has 1 rings (SSSR count). The van der Waals surface area contributed by atoms with E-state index in [1.54, 1.807) is 0 Å². The van der Waals surface area contributed by atoms with Gasteiger partial charge in [-0.25, -0.2) is 0 Å². The second-order valence-corrected chi connectivity index (χ2v) is 3.49. The van der Waals surface area contributed by atoms with Gasteiger partial charge >= 0.3 is 0 Å². The van der Waals surface area contributed by atoms with Gasteiger partial charge in [0.05, 0.1) is 6.61 Å². The van der Waals surface area contributed by atoms with Crippen molar-refractivity contribution in [3.05, 3.63) is 0 Å². The van der Waals surface area contributed by atoms with Gasteiger partial charge in [0.25, 0.3) is 0 Å². The van der Waals surface area contributed by atoms with E-state index in [4.69, 9.17) is 15.6 Å². The molecule has 1 heterocycles. The van der Waals surface area contributed by atoms with Crippen LogP contribution >= 0.6 is 0 Å². The summed E-state index contributed by atoms with van der Waals surface area (Å²) in [5, 5.41) is 40.0. The summed E-state index contributed by atoms with van der Waals surface area (Å²) < 4.78 is 5.16. The molecular formula is C8H18N2O5. The molecule has 15 heavy (non-hydrogen) atoms. The molecule has 0 aromatic rings. The fraction of sp³-hybridized carbons (Fsp3) is 1.00. The quantitative estimate of drug-likeness (QED) is 0.289. The summed E-state index contributed by atoms with van der Waals surface area (Å²) >= 11 is 0. The molecule has 0 radical (unpaired) electrons. The van der Waals surface area contributed by atoms with Crippen molar-refractivity contribution in [3.8, 4) is 0 Å². The Morgan fingerprint density at radius 3 is 2.33 bits per heavy atom. The van der Waals surface area contributed by atoms with Gasteiger partial charge in [0.2, 0.25) is 0 Å². The first kappa shape index (κ1) is 12.8. The fourth-order valence-electron chi connectivity index (χ4n) is 1.50. The van der Waals surface area contributed by atoms with Crippen LogP contribution in [0, 0.1) is 0 Å². The molecule has 5 atom stereocenters. The molecule has 7 nitrogen and oxygen atoms in total. The first-order valence-corrected chi connectivity index (χ1v) is 4.85. The fourth-order valence-corrected chi connectivity index (χ4v) is 1.50. The largest absolute Gasteiger partial charge is 0.394 e. The zero-order valence-electron chi connectivity index (χ0n) is 8.28. The van der Waals surface area contributed by atoms with E-state index in [9.17, 15) is 15.3 Å². The number of nitrogens with two attached hydrogens (primary N) is 1. The molecule has 1 saturated heterocycles. The summed E-state index contributed by atoms with van der Waals surface area (Å²) in [5.41, 5.74) is 5.26. The minimum Gasteiger partial charge on any atom is -0.394 e. The predicted molar refractivity (Wildman–Crippen MR) is 50.8 cm³/mol. The number of ether oxygens (including phenoxy) is 1. The Hall–Kier alpha value is -0.280. The van der Waals surface area contributed by atoms with Crippen LogP contribution in [0.25, 0.3) is 0 Å². The number of rotatable bonds is 4. The lowest BCUT2D eigenvalue weighted by molar-refractivity contribution is -0.236. The lowest BCUT2D eigenvalue weighted by Crippen LogP contribution is -2.62. The maximum Gasteiger partial charge on any atom is 0.137 e. The van der Waals surface area contributed by atoms with Crippen LogP contribution in [0.15, 0.2) is 0 Å². The Kier molecular flexibility index (Phi) is 4.87. The van der Waals surface area contributed by atoms with Gasteiger partial charge in [0.1, 0.15) is 30.6 Å². The molecule has 0 bridgehead atoms. The lowest BCUT2D eigenvalue weighted by Gasteiger charge is -2.40. The summed E-state index contributed by atoms with van der Waals surface area (Å²) in [5.74, 6) is 0. The second kappa shape index (κ2) is 5.71. The number of nitrogens with one attached hydrogen (secondary N) is 1. The minimum absolute atomic E-state index is 0.356. The van der Waals surface area contributed by atoms with E-state index < -0.39 is 37.3 Å². The normalized spacial score (nSPS) is 41.8. The highest BCUT2D eigenvalue weighted by molar-refractivity contribution is 4.90. The third-order valence-electron chi connectivity index (χ3n) is 2.38. The number of aliphatic hydroxyl groups is 4. The van der Waals surface area contributed by atoms with Crippen molar-refractivity contribution in [2.24, 2.45) is 5.73 Å². The van der Waals surface area contributed by atoms with Crippen LogP contribution in [-0.4, -0.2) is 70.8 Å². The molecule has 7 N–H and O–H groups in total. The minimum atomic E-state index is -1.34. The molecule has 0 aromatic heterocycles. The molecule has 0 saturated carbocycles. The molecule has 0 amide bonds. The predicted octanol–water partition coefficient (Wildman–Crippen LogP) is -3.67. The lowest BCUT2D eigenvalue weighted by atomic mass is 9.98. The van der Waals surface area contributed by atoms with Crippen molar-refractivity contribution in [2.45, 2.75) is 30.6 Å². The first-order valence-electron chi connectivity index (χ1n) is 4.85.